The summed E-state index contributed by atoms with van der Waals surface area (Å²) in [5.74, 6) is 0.479. The van der Waals surface area contributed by atoms with Gasteiger partial charge in [0.2, 0.25) is 0 Å². The second-order valence-electron chi connectivity index (χ2n) is 10.1. The Hall–Kier alpha value is -4.16. The standard InChI is InChI=1S/C32H38N4O6S2/c1-5-39-29(37)25-19(3)33-31(43)35-27(25)21-13-7-9-15-23(21)41-17-11-12-18-42-24-16-10-8-14-22(24)28-26(30(38)40-6-2)20(4)34-32(44)36-28/h7-10,13-16,27-28H,5-6,11-12,17-18H2,1-4H3,(H2,33,35,43)(H2,34,36,44)/t27-,28-/m1/s1. The van der Waals surface area contributed by atoms with E-state index in [0.29, 0.717) is 57.5 Å². The van der Waals surface area contributed by atoms with E-state index in [2.05, 4.69) is 21.3 Å². The maximum Gasteiger partial charge on any atom is 0.338 e. The van der Waals surface area contributed by atoms with Crippen LogP contribution in [0.5, 0.6) is 11.5 Å². The van der Waals surface area contributed by atoms with Crippen molar-refractivity contribution < 1.29 is 28.5 Å². The molecule has 2 heterocycles. The molecule has 2 aromatic carbocycles. The molecule has 0 amide bonds. The van der Waals surface area contributed by atoms with Gasteiger partial charge in [-0.15, -0.1) is 0 Å². The van der Waals surface area contributed by atoms with E-state index in [1.54, 1.807) is 27.7 Å². The average Bonchev–Trinajstić information content (AvgIpc) is 2.98. The number of nitrogens with one attached hydrogen (secondary N) is 4. The highest BCUT2D eigenvalue weighted by Crippen LogP contribution is 2.35. The van der Waals surface area contributed by atoms with Gasteiger partial charge in [0.25, 0.3) is 0 Å². The van der Waals surface area contributed by atoms with Gasteiger partial charge in [0.15, 0.2) is 10.2 Å². The van der Waals surface area contributed by atoms with Gasteiger partial charge >= 0.3 is 11.9 Å². The predicted molar refractivity (Wildman–Crippen MR) is 175 cm³/mol. The lowest BCUT2D eigenvalue weighted by Gasteiger charge is -2.31. The van der Waals surface area contributed by atoms with Gasteiger partial charge in [-0.3, -0.25) is 0 Å². The lowest BCUT2D eigenvalue weighted by molar-refractivity contribution is -0.140. The van der Waals surface area contributed by atoms with Crippen molar-refractivity contribution >= 4 is 46.6 Å². The number of rotatable bonds is 13. The molecule has 0 saturated carbocycles. The van der Waals surface area contributed by atoms with E-state index in [9.17, 15) is 9.59 Å². The van der Waals surface area contributed by atoms with Crippen molar-refractivity contribution in [2.75, 3.05) is 26.4 Å². The summed E-state index contributed by atoms with van der Waals surface area (Å²) in [5, 5.41) is 13.3. The lowest BCUT2D eigenvalue weighted by Crippen LogP contribution is -2.45. The third-order valence-corrected chi connectivity index (χ3v) is 7.48. The third kappa shape index (κ3) is 7.86. The molecule has 4 rings (SSSR count). The van der Waals surface area contributed by atoms with Crippen molar-refractivity contribution in [2.45, 2.75) is 52.6 Å². The maximum atomic E-state index is 12.8. The third-order valence-electron chi connectivity index (χ3n) is 7.04. The Morgan fingerprint density at radius 1 is 0.682 bits per heavy atom. The SMILES string of the molecule is CCOC(=O)C1=C(C)NC(=S)N[C@@H]1c1ccccc1OCCCCOc1ccccc1[C@H]1NC(=S)NC(C)=C1C(=O)OCC. The van der Waals surface area contributed by atoms with Crippen LogP contribution in [0.15, 0.2) is 71.1 Å². The number of carbonyl (C=O) groups excluding carboxylic acids is 2. The minimum atomic E-state index is -0.507. The van der Waals surface area contributed by atoms with Gasteiger partial charge < -0.3 is 40.2 Å². The van der Waals surface area contributed by atoms with Crippen LogP contribution in [-0.2, 0) is 19.1 Å². The van der Waals surface area contributed by atoms with Gasteiger partial charge in [-0.25, -0.2) is 9.59 Å². The summed E-state index contributed by atoms with van der Waals surface area (Å²) in [6, 6.07) is 14.1. The second kappa shape index (κ2) is 15.5. The number of hydrogen-bond donors (Lipinski definition) is 4. The smallest absolute Gasteiger partial charge is 0.338 e. The van der Waals surface area contributed by atoms with Crippen molar-refractivity contribution in [1.82, 2.24) is 21.3 Å². The molecule has 2 aliphatic rings. The molecule has 2 aromatic rings. The van der Waals surface area contributed by atoms with Gasteiger partial charge in [-0.1, -0.05) is 36.4 Å². The van der Waals surface area contributed by atoms with E-state index in [0.717, 1.165) is 24.0 Å². The first-order valence-electron chi connectivity index (χ1n) is 14.6. The van der Waals surface area contributed by atoms with Crippen LogP contribution in [0.2, 0.25) is 0 Å². The molecule has 0 radical (unpaired) electrons. The molecule has 2 atom stereocenters. The Kier molecular flexibility index (Phi) is 11.6. The average molecular weight is 639 g/mol. The lowest BCUT2D eigenvalue weighted by atomic mass is 9.95. The molecule has 4 N–H and O–H groups in total. The number of para-hydroxylation sites is 2. The highest BCUT2D eigenvalue weighted by atomic mass is 32.1. The number of esters is 2. The predicted octanol–water partition coefficient (Wildman–Crippen LogP) is 4.64. The summed E-state index contributed by atoms with van der Waals surface area (Å²) in [4.78, 5) is 25.6. The van der Waals surface area contributed by atoms with Crippen LogP contribution in [-0.4, -0.2) is 48.6 Å². The van der Waals surface area contributed by atoms with Crippen molar-refractivity contribution in [2.24, 2.45) is 0 Å². The van der Waals surface area contributed by atoms with Crippen LogP contribution >= 0.6 is 24.4 Å². The fraction of sp³-hybridized carbons (Fsp3) is 0.375. The first-order chi connectivity index (χ1) is 21.2. The van der Waals surface area contributed by atoms with Gasteiger partial charge in [0.1, 0.15) is 11.5 Å². The van der Waals surface area contributed by atoms with Gasteiger partial charge in [0, 0.05) is 22.5 Å². The van der Waals surface area contributed by atoms with E-state index in [4.69, 9.17) is 43.4 Å². The Bertz CT molecular complexity index is 1360. The first-order valence-corrected chi connectivity index (χ1v) is 15.4. The summed E-state index contributed by atoms with van der Waals surface area (Å²) in [6.07, 6.45) is 1.44. The van der Waals surface area contributed by atoms with Gasteiger partial charge in [-0.2, -0.15) is 0 Å². The van der Waals surface area contributed by atoms with Crippen LogP contribution in [0.3, 0.4) is 0 Å². The molecule has 234 valence electrons. The van der Waals surface area contributed by atoms with Crippen molar-refractivity contribution in [1.29, 1.82) is 0 Å². The van der Waals surface area contributed by atoms with Gasteiger partial charge in [0.05, 0.1) is 49.7 Å². The zero-order chi connectivity index (χ0) is 31.6. The summed E-state index contributed by atoms with van der Waals surface area (Å²) in [7, 11) is 0. The molecule has 0 bridgehead atoms. The molecule has 0 aliphatic carbocycles. The monoisotopic (exact) mass is 638 g/mol. The molecular weight excluding hydrogens is 601 g/mol. The van der Waals surface area contributed by atoms with Crippen LogP contribution in [0.1, 0.15) is 63.7 Å². The molecule has 0 aromatic heterocycles. The van der Waals surface area contributed by atoms with Crippen molar-refractivity contribution in [3.8, 4) is 11.5 Å². The zero-order valence-corrected chi connectivity index (χ0v) is 26.9. The van der Waals surface area contributed by atoms with Crippen LogP contribution < -0.4 is 30.7 Å². The Labute approximate surface area is 268 Å². The highest BCUT2D eigenvalue weighted by molar-refractivity contribution is 7.80. The van der Waals surface area contributed by atoms with Crippen LogP contribution in [0, 0.1) is 0 Å². The minimum Gasteiger partial charge on any atom is -0.493 e. The van der Waals surface area contributed by atoms with E-state index in [-0.39, 0.29) is 13.2 Å². The van der Waals surface area contributed by atoms with Crippen LogP contribution in [0.4, 0.5) is 0 Å². The number of allylic oxidation sites excluding steroid dienone is 2. The Balaban J connectivity index is 1.39. The highest BCUT2D eigenvalue weighted by Gasteiger charge is 2.34. The van der Waals surface area contributed by atoms with E-state index < -0.39 is 24.0 Å². The molecule has 0 unspecified atom stereocenters. The Morgan fingerprint density at radius 3 is 1.45 bits per heavy atom. The van der Waals surface area contributed by atoms with E-state index in [1.807, 2.05) is 48.5 Å². The van der Waals surface area contributed by atoms with Gasteiger partial charge in [-0.05, 0) is 77.1 Å². The summed E-state index contributed by atoms with van der Waals surface area (Å²) in [5.41, 5.74) is 3.79. The molecule has 12 heteroatoms. The summed E-state index contributed by atoms with van der Waals surface area (Å²) in [6.45, 7) is 8.56. The number of ether oxygens (including phenoxy) is 4. The fourth-order valence-corrected chi connectivity index (χ4v) is 5.62. The topological polar surface area (TPSA) is 119 Å². The molecular formula is C32H38N4O6S2. The molecule has 2 aliphatic heterocycles. The van der Waals surface area contributed by atoms with Crippen LogP contribution in [0.25, 0.3) is 0 Å². The quantitative estimate of drug-likeness (QED) is 0.139. The Morgan fingerprint density at radius 2 is 1.07 bits per heavy atom. The van der Waals surface area contributed by atoms with Crippen molar-refractivity contribution in [3.63, 3.8) is 0 Å². The summed E-state index contributed by atoms with van der Waals surface area (Å²) >= 11 is 10.7. The normalized spacial score (nSPS) is 18.0. The second-order valence-corrected chi connectivity index (χ2v) is 10.9. The van der Waals surface area contributed by atoms with E-state index >= 15 is 0 Å². The number of unbranched alkanes of at least 4 members (excludes halogenated alkanes) is 1. The number of carbonyl (C=O) groups is 2. The first kappa shape index (κ1) is 32.7. The molecule has 0 fully saturated rings. The summed E-state index contributed by atoms with van der Waals surface area (Å²) < 4.78 is 23.0. The number of thiocarbonyl (C=S) groups is 2. The van der Waals surface area contributed by atoms with Crippen molar-refractivity contribution in [3.05, 3.63) is 82.2 Å². The zero-order valence-electron chi connectivity index (χ0n) is 25.3. The molecule has 10 nitrogen and oxygen atoms in total. The molecule has 0 saturated heterocycles. The molecule has 44 heavy (non-hydrogen) atoms. The number of hydrogen-bond acceptors (Lipinski definition) is 8. The number of benzene rings is 2. The van der Waals surface area contributed by atoms with E-state index in [1.165, 1.54) is 0 Å². The molecule has 0 spiro atoms. The fourth-order valence-electron chi connectivity index (χ4n) is 5.08. The maximum absolute atomic E-state index is 12.8. The largest absolute Gasteiger partial charge is 0.493 e. The minimum absolute atomic E-state index is 0.266.